The van der Waals surface area contributed by atoms with Crippen LogP contribution in [0.25, 0.3) is 0 Å². The topological polar surface area (TPSA) is 29.5 Å². The van der Waals surface area contributed by atoms with Gasteiger partial charge in [0.25, 0.3) is 0 Å². The van der Waals surface area contributed by atoms with Crippen molar-refractivity contribution >= 4 is 5.97 Å². The second-order valence-corrected chi connectivity index (χ2v) is 5.76. The maximum atomic E-state index is 12.0. The van der Waals surface area contributed by atoms with E-state index in [1.807, 2.05) is 6.92 Å². The Morgan fingerprint density at radius 1 is 1.30 bits per heavy atom. The van der Waals surface area contributed by atoms with Crippen LogP contribution in [0.1, 0.15) is 42.0 Å². The predicted molar refractivity (Wildman–Crippen MR) is 80.7 cm³/mol. The van der Waals surface area contributed by atoms with E-state index in [1.165, 1.54) is 22.3 Å². The summed E-state index contributed by atoms with van der Waals surface area (Å²) in [5.41, 5.74) is 5.29. The molecule has 0 N–H and O–H groups in total. The van der Waals surface area contributed by atoms with E-state index >= 15 is 0 Å². The summed E-state index contributed by atoms with van der Waals surface area (Å²) in [4.78, 5) is 14.3. The molecule has 0 radical (unpaired) electrons. The van der Waals surface area contributed by atoms with Gasteiger partial charge >= 0.3 is 5.97 Å². The van der Waals surface area contributed by atoms with E-state index in [1.54, 1.807) is 0 Å². The summed E-state index contributed by atoms with van der Waals surface area (Å²) in [7, 11) is 0. The fourth-order valence-electron chi connectivity index (χ4n) is 3.18. The molecule has 1 aromatic carbocycles. The van der Waals surface area contributed by atoms with Crippen molar-refractivity contribution in [2.45, 2.75) is 53.1 Å². The Labute approximate surface area is 121 Å². The Morgan fingerprint density at radius 2 is 1.95 bits per heavy atom. The van der Waals surface area contributed by atoms with E-state index in [4.69, 9.17) is 4.74 Å². The predicted octanol–water partition coefficient (Wildman–Crippen LogP) is 3.14. The molecule has 2 rings (SSSR count). The van der Waals surface area contributed by atoms with Gasteiger partial charge in [0.1, 0.15) is 6.04 Å². The zero-order chi connectivity index (χ0) is 14.7. The van der Waals surface area contributed by atoms with Gasteiger partial charge in [-0.25, -0.2) is 0 Å². The summed E-state index contributed by atoms with van der Waals surface area (Å²) in [6, 6.07) is 4.38. The molecule has 1 unspecified atom stereocenters. The van der Waals surface area contributed by atoms with Crippen LogP contribution in [0.4, 0.5) is 0 Å². The number of esters is 1. The Hall–Kier alpha value is -1.35. The molecule has 3 nitrogen and oxygen atoms in total. The summed E-state index contributed by atoms with van der Waals surface area (Å²) in [6.45, 7) is 10.6. The van der Waals surface area contributed by atoms with Crippen LogP contribution in [-0.2, 0) is 16.1 Å². The summed E-state index contributed by atoms with van der Waals surface area (Å²) in [5.74, 6) is -0.0626. The number of benzene rings is 1. The third-order valence-electron chi connectivity index (χ3n) is 4.12. The van der Waals surface area contributed by atoms with Crippen molar-refractivity contribution in [3.05, 3.63) is 34.4 Å². The average Bonchev–Trinajstić information content (AvgIpc) is 2.82. The highest BCUT2D eigenvalue weighted by molar-refractivity contribution is 5.76. The van der Waals surface area contributed by atoms with Gasteiger partial charge in [0.15, 0.2) is 0 Å². The average molecular weight is 275 g/mol. The fraction of sp³-hybridized carbons (Fsp3) is 0.588. The molecule has 1 atom stereocenters. The minimum atomic E-state index is -0.0626. The van der Waals surface area contributed by atoms with E-state index in [9.17, 15) is 4.79 Å². The lowest BCUT2D eigenvalue weighted by Gasteiger charge is -2.24. The third kappa shape index (κ3) is 3.21. The lowest BCUT2D eigenvalue weighted by molar-refractivity contribution is -0.148. The smallest absolute Gasteiger partial charge is 0.323 e. The molecule has 1 fully saturated rings. The van der Waals surface area contributed by atoms with Gasteiger partial charge in [-0.3, -0.25) is 9.69 Å². The molecule has 1 aliphatic heterocycles. The fourth-order valence-corrected chi connectivity index (χ4v) is 3.18. The summed E-state index contributed by atoms with van der Waals surface area (Å²) < 4.78 is 5.19. The van der Waals surface area contributed by atoms with Gasteiger partial charge in [-0.1, -0.05) is 17.7 Å². The lowest BCUT2D eigenvalue weighted by atomic mass is 9.99. The van der Waals surface area contributed by atoms with Crippen molar-refractivity contribution in [3.63, 3.8) is 0 Å². The lowest BCUT2D eigenvalue weighted by Crippen LogP contribution is -2.37. The number of ether oxygens (including phenoxy) is 1. The molecule has 110 valence electrons. The van der Waals surface area contributed by atoms with Crippen LogP contribution < -0.4 is 0 Å². The standard InChI is InChI=1S/C17H25NO2/c1-5-20-17(19)16-7-6-8-18(16)11-15-13(3)9-12(2)10-14(15)4/h9-10,16H,5-8,11H2,1-4H3. The Bertz CT molecular complexity index is 473. The highest BCUT2D eigenvalue weighted by atomic mass is 16.5. The first kappa shape index (κ1) is 15.0. The van der Waals surface area contributed by atoms with E-state index in [0.717, 1.165) is 25.9 Å². The quantitative estimate of drug-likeness (QED) is 0.791. The van der Waals surface area contributed by atoms with E-state index < -0.39 is 0 Å². The molecular formula is C17H25NO2. The Kier molecular flexibility index (Phi) is 4.81. The first-order valence-corrected chi connectivity index (χ1v) is 7.50. The van der Waals surface area contributed by atoms with Crippen LogP contribution in [0.2, 0.25) is 0 Å². The van der Waals surface area contributed by atoms with Crippen molar-refractivity contribution in [2.75, 3.05) is 13.2 Å². The number of aryl methyl sites for hydroxylation is 3. The number of rotatable bonds is 4. The monoisotopic (exact) mass is 275 g/mol. The molecule has 0 aliphatic carbocycles. The summed E-state index contributed by atoms with van der Waals surface area (Å²) >= 11 is 0. The van der Waals surface area contributed by atoms with Gasteiger partial charge in [0.05, 0.1) is 6.61 Å². The second-order valence-electron chi connectivity index (χ2n) is 5.76. The normalized spacial score (nSPS) is 19.3. The molecule has 0 spiro atoms. The molecule has 0 saturated carbocycles. The summed E-state index contributed by atoms with van der Waals surface area (Å²) in [6.07, 6.45) is 2.00. The highest BCUT2D eigenvalue weighted by Gasteiger charge is 2.32. The number of hydrogen-bond acceptors (Lipinski definition) is 3. The zero-order valence-corrected chi connectivity index (χ0v) is 13.0. The number of hydrogen-bond donors (Lipinski definition) is 0. The molecule has 1 aliphatic rings. The number of likely N-dealkylation sites (tertiary alicyclic amines) is 1. The zero-order valence-electron chi connectivity index (χ0n) is 13.0. The molecule has 0 bridgehead atoms. The van der Waals surface area contributed by atoms with Crippen LogP contribution in [-0.4, -0.2) is 30.1 Å². The van der Waals surface area contributed by atoms with Crippen molar-refractivity contribution in [1.82, 2.24) is 4.90 Å². The minimum Gasteiger partial charge on any atom is -0.465 e. The molecule has 3 heteroatoms. The van der Waals surface area contributed by atoms with E-state index in [-0.39, 0.29) is 12.0 Å². The van der Waals surface area contributed by atoms with Crippen molar-refractivity contribution in [3.8, 4) is 0 Å². The van der Waals surface area contributed by atoms with Crippen LogP contribution in [0.3, 0.4) is 0 Å². The number of carbonyl (C=O) groups excluding carboxylic acids is 1. The second kappa shape index (κ2) is 6.40. The minimum absolute atomic E-state index is 0.0601. The van der Waals surface area contributed by atoms with Crippen LogP contribution in [0, 0.1) is 20.8 Å². The van der Waals surface area contributed by atoms with Crippen LogP contribution in [0.15, 0.2) is 12.1 Å². The molecule has 20 heavy (non-hydrogen) atoms. The van der Waals surface area contributed by atoms with E-state index in [0.29, 0.717) is 6.61 Å². The largest absolute Gasteiger partial charge is 0.465 e. The molecule has 1 aromatic rings. The third-order valence-corrected chi connectivity index (χ3v) is 4.12. The first-order chi connectivity index (χ1) is 9.52. The Balaban J connectivity index is 2.15. The van der Waals surface area contributed by atoms with Gasteiger partial charge in [0.2, 0.25) is 0 Å². The number of carbonyl (C=O) groups is 1. The van der Waals surface area contributed by atoms with Crippen molar-refractivity contribution in [2.24, 2.45) is 0 Å². The maximum absolute atomic E-state index is 12.0. The van der Waals surface area contributed by atoms with Gasteiger partial charge in [-0.15, -0.1) is 0 Å². The molecule has 1 heterocycles. The molecule has 0 aromatic heterocycles. The molecule has 1 saturated heterocycles. The van der Waals surface area contributed by atoms with Gasteiger partial charge in [-0.05, 0) is 63.8 Å². The molecular weight excluding hydrogens is 250 g/mol. The molecule has 0 amide bonds. The van der Waals surface area contributed by atoms with E-state index in [2.05, 4.69) is 37.8 Å². The van der Waals surface area contributed by atoms with Crippen LogP contribution >= 0.6 is 0 Å². The Morgan fingerprint density at radius 3 is 2.55 bits per heavy atom. The first-order valence-electron chi connectivity index (χ1n) is 7.50. The van der Waals surface area contributed by atoms with Gasteiger partial charge in [-0.2, -0.15) is 0 Å². The van der Waals surface area contributed by atoms with Gasteiger partial charge < -0.3 is 4.74 Å². The maximum Gasteiger partial charge on any atom is 0.323 e. The van der Waals surface area contributed by atoms with Crippen molar-refractivity contribution < 1.29 is 9.53 Å². The SMILES string of the molecule is CCOC(=O)C1CCCN1Cc1c(C)cc(C)cc1C. The van der Waals surface area contributed by atoms with Crippen molar-refractivity contribution in [1.29, 1.82) is 0 Å². The number of nitrogens with zero attached hydrogens (tertiary/aromatic N) is 1. The van der Waals surface area contributed by atoms with Crippen LogP contribution in [0.5, 0.6) is 0 Å². The highest BCUT2D eigenvalue weighted by Crippen LogP contribution is 2.25. The van der Waals surface area contributed by atoms with Gasteiger partial charge in [0, 0.05) is 6.54 Å². The summed E-state index contributed by atoms with van der Waals surface area (Å²) in [5, 5.41) is 0.